The Kier molecular flexibility index (Phi) is 20.8. The maximum atomic E-state index is 12.8. The third-order valence-electron chi connectivity index (χ3n) is 11.9. The first-order chi connectivity index (χ1) is 35.1. The van der Waals surface area contributed by atoms with Crippen LogP contribution in [-0.2, 0) is 24.9 Å². The van der Waals surface area contributed by atoms with Crippen molar-refractivity contribution in [2.75, 3.05) is 0 Å². The van der Waals surface area contributed by atoms with Crippen molar-refractivity contribution in [1.29, 1.82) is 0 Å². The molecule has 0 aromatic heterocycles. The zero-order valence-corrected chi connectivity index (χ0v) is 43.4. The van der Waals surface area contributed by atoms with Crippen LogP contribution in [0.1, 0.15) is 27.9 Å². The Morgan fingerprint density at radius 2 is 0.625 bits per heavy atom. The molecule has 0 aliphatic heterocycles. The molecule has 0 atom stereocenters. The van der Waals surface area contributed by atoms with E-state index in [1.807, 2.05) is 91.0 Å². The molecule has 0 unspecified atom stereocenters. The fraction of sp³-hybridized carbons (Fsp3) is 0.0294. The van der Waals surface area contributed by atoms with E-state index >= 15 is 0 Å². The molecule has 349 valence electrons. The van der Waals surface area contributed by atoms with Gasteiger partial charge in [0.05, 0.1) is 0 Å². The molecule has 0 bridgehead atoms. The van der Waals surface area contributed by atoms with Crippen molar-refractivity contribution in [3.63, 3.8) is 0 Å². The summed E-state index contributed by atoms with van der Waals surface area (Å²) in [4.78, 5) is 12.8. The minimum absolute atomic E-state index is 0. The van der Waals surface area contributed by atoms with Crippen molar-refractivity contribution in [2.24, 2.45) is 0 Å². The van der Waals surface area contributed by atoms with Crippen LogP contribution < -0.4 is 31.8 Å². The minimum Gasteiger partial charge on any atom is -0.692 e. The molecule has 0 heterocycles. The third-order valence-corrected chi connectivity index (χ3v) is 16.8. The molecule has 0 N–H and O–H groups in total. The van der Waals surface area contributed by atoms with Crippen LogP contribution in [0.15, 0.2) is 297 Å². The molecule has 9 aromatic carbocycles. The number of carbonyl (C=O) groups is 1. The molecule has 2 aliphatic rings. The molecular weight excluding hydrogens is 996 g/mol. The van der Waals surface area contributed by atoms with E-state index in [1.54, 1.807) is 0 Å². The van der Waals surface area contributed by atoms with Crippen LogP contribution >= 0.6 is 15.8 Å². The van der Waals surface area contributed by atoms with E-state index in [0.29, 0.717) is 5.56 Å². The molecule has 5 radical (unpaired) electrons. The van der Waals surface area contributed by atoms with Crippen LogP contribution in [0.4, 0.5) is 0 Å². The van der Waals surface area contributed by atoms with Crippen LogP contribution in [-0.4, -0.2) is 5.78 Å². The maximum Gasteiger partial charge on any atom is 2.00 e. The van der Waals surface area contributed by atoms with Gasteiger partial charge in [0.2, 0.25) is 0 Å². The van der Waals surface area contributed by atoms with E-state index in [2.05, 4.69) is 231 Å². The van der Waals surface area contributed by atoms with Crippen molar-refractivity contribution in [2.45, 2.75) is 11.8 Å². The van der Waals surface area contributed by atoms with Crippen LogP contribution in [0.2, 0.25) is 0 Å². The summed E-state index contributed by atoms with van der Waals surface area (Å²) in [7, 11) is -0.892. The molecule has 0 amide bonds. The fourth-order valence-corrected chi connectivity index (χ4v) is 13.0. The SMILES string of the molecule is [C-]#CC(CC(=O)c1ccccc1)(c1ccccc1)c1ccccc1.[CH]1[CH][C]2C=CC=C[C]2[CH]1.[Ru+2].c1ccc(P(c2ccccc2)c2ccccc2)cc1.c1ccc(P(c2ccccc2)c2ccccc2)cc1. The number of rotatable bonds is 11. The van der Waals surface area contributed by atoms with Crippen molar-refractivity contribution < 1.29 is 24.3 Å². The van der Waals surface area contributed by atoms with Gasteiger partial charge in [-0.1, -0.05) is 297 Å². The van der Waals surface area contributed by atoms with Gasteiger partial charge in [-0.2, -0.15) is 0 Å². The van der Waals surface area contributed by atoms with E-state index in [-0.39, 0.29) is 31.7 Å². The molecule has 0 saturated heterocycles. The standard InChI is InChI=1S/C23H17O.2C18H15P.C9H7.Ru/c1-2-23(20-14-8-4-9-15-20,21-16-10-5-11-17-21)18-22(24)19-12-6-3-7-13-19;2*1-4-10-16(11-5-1)19(17-12-6-2-7-13-17)18-14-8-3-9-15-18;1-2-5-9-7-3-6-8(9)4-1;/h3-17H,18H2;2*1-15H;1-7H;/q-1;;;;+2. The van der Waals surface area contributed by atoms with Crippen molar-refractivity contribution >= 4 is 53.5 Å². The van der Waals surface area contributed by atoms with Crippen molar-refractivity contribution in [3.8, 4) is 5.92 Å². The summed E-state index contributed by atoms with van der Waals surface area (Å²) in [6.07, 6.45) is 22.9. The second kappa shape index (κ2) is 28.3. The van der Waals surface area contributed by atoms with Crippen LogP contribution in [0.5, 0.6) is 0 Å². The van der Waals surface area contributed by atoms with E-state index in [4.69, 9.17) is 6.42 Å². The normalized spacial score (nSPS) is 12.6. The zero-order valence-electron chi connectivity index (χ0n) is 39.9. The Hall–Kier alpha value is -6.83. The molecule has 1 nitrogen and oxygen atoms in total. The molecule has 1 saturated carbocycles. The predicted octanol–water partition coefficient (Wildman–Crippen LogP) is 13.6. The van der Waals surface area contributed by atoms with Gasteiger partial charge in [-0.15, -0.1) is 0 Å². The first-order valence-electron chi connectivity index (χ1n) is 23.8. The number of allylic oxidation sites excluding steroid dienone is 4. The van der Waals surface area contributed by atoms with Crippen molar-refractivity contribution in [3.05, 3.63) is 352 Å². The monoisotopic (exact) mass is 1050 g/mol. The maximum absolute atomic E-state index is 12.8. The Labute approximate surface area is 444 Å². The summed E-state index contributed by atoms with van der Waals surface area (Å²) in [6.45, 7) is 0. The molecule has 11 rings (SSSR count). The number of hydrogen-bond acceptors (Lipinski definition) is 1. The van der Waals surface area contributed by atoms with E-state index in [1.165, 1.54) is 43.7 Å². The number of Topliss-reactive ketones (excluding diaryl/α,β-unsaturated/α-hetero) is 1. The average Bonchev–Trinajstić information content (AvgIpc) is 3.95. The zero-order chi connectivity index (χ0) is 48.8. The van der Waals surface area contributed by atoms with E-state index in [0.717, 1.165) is 11.1 Å². The van der Waals surface area contributed by atoms with Gasteiger partial charge < -0.3 is 12.3 Å². The molecule has 72 heavy (non-hydrogen) atoms. The second-order valence-corrected chi connectivity index (χ2v) is 21.0. The molecular formula is C68H54OP2Ru+. The van der Waals surface area contributed by atoms with Gasteiger partial charge in [-0.25, -0.2) is 0 Å². The third kappa shape index (κ3) is 14.4. The number of ketones is 1. The average molecular weight is 1050 g/mol. The van der Waals surface area contributed by atoms with Gasteiger partial charge in [-0.05, 0) is 78.1 Å². The first kappa shape index (κ1) is 53.0. The van der Waals surface area contributed by atoms with Crippen LogP contribution in [0.25, 0.3) is 0 Å². The summed E-state index contributed by atoms with van der Waals surface area (Å²) in [6, 6.07) is 93.3. The second-order valence-electron chi connectivity index (χ2n) is 16.6. The summed E-state index contributed by atoms with van der Waals surface area (Å²) in [5, 5.41) is 8.39. The number of hydrogen-bond donors (Lipinski definition) is 0. The summed E-state index contributed by atoms with van der Waals surface area (Å²) < 4.78 is 0. The molecule has 9 aromatic rings. The largest absolute Gasteiger partial charge is 2.00 e. The Balaban J connectivity index is 0.000000146. The fourth-order valence-electron chi connectivity index (χ4n) is 8.40. The van der Waals surface area contributed by atoms with Crippen LogP contribution in [0.3, 0.4) is 0 Å². The van der Waals surface area contributed by atoms with Gasteiger partial charge in [-0.3, -0.25) is 4.79 Å². The minimum atomic E-state index is -0.880. The van der Waals surface area contributed by atoms with E-state index < -0.39 is 21.3 Å². The number of fused-ring (bicyclic) bond motifs is 1. The van der Waals surface area contributed by atoms with Gasteiger partial charge in [0, 0.05) is 29.2 Å². The van der Waals surface area contributed by atoms with Crippen LogP contribution in [0, 0.1) is 43.4 Å². The van der Waals surface area contributed by atoms with Gasteiger partial charge >= 0.3 is 19.5 Å². The van der Waals surface area contributed by atoms with Gasteiger partial charge in [0.1, 0.15) is 0 Å². The summed E-state index contributed by atoms with van der Waals surface area (Å²) in [5.41, 5.74) is 1.57. The Morgan fingerprint density at radius 3 is 0.889 bits per heavy atom. The molecule has 0 spiro atoms. The predicted molar refractivity (Wildman–Crippen MR) is 304 cm³/mol. The Morgan fingerprint density at radius 1 is 0.375 bits per heavy atom. The number of carbonyl (C=O) groups excluding carboxylic acids is 1. The molecule has 2 aliphatic carbocycles. The molecule has 4 heteroatoms. The smallest absolute Gasteiger partial charge is 0.692 e. The Bertz CT molecular complexity index is 2670. The van der Waals surface area contributed by atoms with E-state index in [9.17, 15) is 4.79 Å². The summed E-state index contributed by atoms with van der Waals surface area (Å²) in [5.74, 6) is 5.34. The topological polar surface area (TPSA) is 17.1 Å². The molecule has 1 fully saturated rings. The quantitative estimate of drug-likeness (QED) is 0.0415. The summed E-state index contributed by atoms with van der Waals surface area (Å²) >= 11 is 0. The first-order valence-corrected chi connectivity index (χ1v) is 26.5. The van der Waals surface area contributed by atoms with Gasteiger partial charge in [0.25, 0.3) is 0 Å². The van der Waals surface area contributed by atoms with Crippen molar-refractivity contribution in [1.82, 2.24) is 0 Å². The van der Waals surface area contributed by atoms with Gasteiger partial charge in [0.15, 0.2) is 5.78 Å². The number of benzene rings is 9.